The molecule has 1 unspecified atom stereocenters. The van der Waals surface area contributed by atoms with Crippen molar-refractivity contribution in [3.8, 4) is 6.07 Å². The molecule has 1 aliphatic carbocycles. The van der Waals surface area contributed by atoms with Gasteiger partial charge in [-0.1, -0.05) is 19.4 Å². The van der Waals surface area contributed by atoms with Crippen LogP contribution in [0.15, 0.2) is 11.6 Å². The molecule has 0 saturated heterocycles. The summed E-state index contributed by atoms with van der Waals surface area (Å²) in [6.45, 7) is 4.09. The SMILES string of the molecule is CCCC(C#N)(C(=O)OCC)C1=CCCC1. The molecule has 16 heavy (non-hydrogen) atoms. The van der Waals surface area contributed by atoms with Crippen molar-refractivity contribution >= 4 is 5.97 Å². The van der Waals surface area contributed by atoms with Crippen LogP contribution in [0.2, 0.25) is 0 Å². The third-order valence-electron chi connectivity index (χ3n) is 3.03. The number of nitrogens with zero attached hydrogens (tertiary/aromatic N) is 1. The van der Waals surface area contributed by atoms with Gasteiger partial charge in [0.15, 0.2) is 5.41 Å². The van der Waals surface area contributed by atoms with E-state index in [1.54, 1.807) is 6.92 Å². The molecule has 0 aromatic carbocycles. The predicted molar refractivity (Wildman–Crippen MR) is 61.5 cm³/mol. The number of hydrogen-bond donors (Lipinski definition) is 0. The van der Waals surface area contributed by atoms with Crippen LogP contribution in [0.5, 0.6) is 0 Å². The highest BCUT2D eigenvalue weighted by molar-refractivity contribution is 5.84. The Labute approximate surface area is 97.1 Å². The minimum Gasteiger partial charge on any atom is -0.465 e. The summed E-state index contributed by atoms with van der Waals surface area (Å²) in [5.74, 6) is -0.368. The Bertz CT molecular complexity index is 327. The van der Waals surface area contributed by atoms with Gasteiger partial charge in [0, 0.05) is 0 Å². The Morgan fingerprint density at radius 1 is 1.62 bits per heavy atom. The highest BCUT2D eigenvalue weighted by Gasteiger charge is 2.43. The fourth-order valence-corrected chi connectivity index (χ4v) is 2.25. The van der Waals surface area contributed by atoms with Crippen LogP contribution < -0.4 is 0 Å². The molecule has 0 aromatic rings. The van der Waals surface area contributed by atoms with Crippen LogP contribution in [-0.2, 0) is 9.53 Å². The van der Waals surface area contributed by atoms with Gasteiger partial charge in [0.2, 0.25) is 0 Å². The van der Waals surface area contributed by atoms with E-state index in [-0.39, 0.29) is 5.97 Å². The lowest BCUT2D eigenvalue weighted by atomic mass is 9.77. The lowest BCUT2D eigenvalue weighted by Crippen LogP contribution is -2.33. The van der Waals surface area contributed by atoms with Crippen LogP contribution in [0.3, 0.4) is 0 Å². The zero-order valence-electron chi connectivity index (χ0n) is 10.1. The maximum Gasteiger partial charge on any atom is 0.330 e. The van der Waals surface area contributed by atoms with Gasteiger partial charge in [-0.3, -0.25) is 0 Å². The fourth-order valence-electron chi connectivity index (χ4n) is 2.25. The number of ether oxygens (including phenoxy) is 1. The zero-order valence-corrected chi connectivity index (χ0v) is 10.1. The molecular formula is C13H19NO2. The van der Waals surface area contributed by atoms with E-state index in [0.717, 1.165) is 31.3 Å². The van der Waals surface area contributed by atoms with Gasteiger partial charge in [-0.2, -0.15) is 5.26 Å². The van der Waals surface area contributed by atoms with Crippen molar-refractivity contribution in [3.63, 3.8) is 0 Å². The van der Waals surface area contributed by atoms with Crippen molar-refractivity contribution in [3.05, 3.63) is 11.6 Å². The first-order valence-electron chi connectivity index (χ1n) is 5.99. The van der Waals surface area contributed by atoms with E-state index >= 15 is 0 Å². The second kappa shape index (κ2) is 5.69. The first-order valence-corrected chi connectivity index (χ1v) is 5.99. The molecule has 3 heteroatoms. The summed E-state index contributed by atoms with van der Waals surface area (Å²) in [6.07, 6.45) is 6.28. The summed E-state index contributed by atoms with van der Waals surface area (Å²) in [5.41, 5.74) is -0.0448. The van der Waals surface area contributed by atoms with E-state index in [1.807, 2.05) is 13.0 Å². The number of rotatable bonds is 5. The summed E-state index contributed by atoms with van der Waals surface area (Å²) in [7, 11) is 0. The van der Waals surface area contributed by atoms with E-state index in [0.29, 0.717) is 13.0 Å². The standard InChI is InChI=1S/C13H19NO2/c1-3-9-13(10-14,12(15)16-4-2)11-7-5-6-8-11/h7H,3-6,8-9H2,1-2H3. The zero-order chi connectivity index (χ0) is 12.0. The number of allylic oxidation sites excluding steroid dienone is 1. The number of hydrogen-bond acceptors (Lipinski definition) is 3. The Morgan fingerprint density at radius 2 is 2.38 bits per heavy atom. The van der Waals surface area contributed by atoms with Gasteiger partial charge >= 0.3 is 5.97 Å². The summed E-state index contributed by atoms with van der Waals surface area (Å²) >= 11 is 0. The van der Waals surface area contributed by atoms with Crippen LogP contribution in [-0.4, -0.2) is 12.6 Å². The Kier molecular flexibility index (Phi) is 4.54. The molecule has 1 rings (SSSR count). The molecule has 0 aromatic heterocycles. The lowest BCUT2D eigenvalue weighted by molar-refractivity contribution is -0.150. The van der Waals surface area contributed by atoms with E-state index in [4.69, 9.17) is 4.74 Å². The molecular weight excluding hydrogens is 202 g/mol. The molecule has 0 heterocycles. The maximum absolute atomic E-state index is 12.0. The van der Waals surface area contributed by atoms with E-state index in [1.165, 1.54) is 0 Å². The van der Waals surface area contributed by atoms with Crippen LogP contribution in [0.4, 0.5) is 0 Å². The van der Waals surface area contributed by atoms with Crippen molar-refractivity contribution < 1.29 is 9.53 Å². The number of nitriles is 1. The second-order valence-electron chi connectivity index (χ2n) is 4.11. The Hall–Kier alpha value is -1.30. The molecule has 0 amide bonds. The summed E-state index contributed by atoms with van der Waals surface area (Å²) in [5, 5.41) is 9.37. The van der Waals surface area contributed by atoms with Gasteiger partial charge < -0.3 is 4.74 Å². The Balaban J connectivity index is 2.99. The third-order valence-corrected chi connectivity index (χ3v) is 3.03. The molecule has 0 N–H and O–H groups in total. The molecule has 0 spiro atoms. The monoisotopic (exact) mass is 221 g/mol. The van der Waals surface area contributed by atoms with Crippen LogP contribution in [0.1, 0.15) is 46.0 Å². The minimum absolute atomic E-state index is 0.333. The highest BCUT2D eigenvalue weighted by atomic mass is 16.5. The largest absolute Gasteiger partial charge is 0.465 e. The molecule has 0 bridgehead atoms. The molecule has 0 aliphatic heterocycles. The van der Waals surface area contributed by atoms with Gasteiger partial charge in [0.05, 0.1) is 12.7 Å². The van der Waals surface area contributed by atoms with Crippen molar-refractivity contribution in [2.75, 3.05) is 6.61 Å². The first kappa shape index (κ1) is 12.8. The summed E-state index contributed by atoms with van der Waals surface area (Å²) < 4.78 is 5.06. The van der Waals surface area contributed by atoms with Crippen LogP contribution in [0.25, 0.3) is 0 Å². The average molecular weight is 221 g/mol. The van der Waals surface area contributed by atoms with Gasteiger partial charge in [-0.25, -0.2) is 4.79 Å². The van der Waals surface area contributed by atoms with E-state index in [9.17, 15) is 10.1 Å². The minimum atomic E-state index is -1.01. The number of carbonyl (C=O) groups excluding carboxylic acids is 1. The molecule has 1 atom stereocenters. The normalized spacial score (nSPS) is 18.4. The molecule has 0 saturated carbocycles. The smallest absolute Gasteiger partial charge is 0.330 e. The average Bonchev–Trinajstić information content (AvgIpc) is 2.80. The molecule has 3 nitrogen and oxygen atoms in total. The van der Waals surface area contributed by atoms with E-state index in [2.05, 4.69) is 6.07 Å². The Morgan fingerprint density at radius 3 is 2.81 bits per heavy atom. The molecule has 0 radical (unpaired) electrons. The second-order valence-corrected chi connectivity index (χ2v) is 4.11. The topological polar surface area (TPSA) is 50.1 Å². The summed E-state index contributed by atoms with van der Waals surface area (Å²) in [6, 6.07) is 2.20. The van der Waals surface area contributed by atoms with Crippen molar-refractivity contribution in [2.24, 2.45) is 5.41 Å². The first-order chi connectivity index (χ1) is 7.71. The van der Waals surface area contributed by atoms with E-state index < -0.39 is 5.41 Å². The van der Waals surface area contributed by atoms with Crippen molar-refractivity contribution in [2.45, 2.75) is 46.0 Å². The molecule has 1 aliphatic rings. The van der Waals surface area contributed by atoms with Crippen LogP contribution >= 0.6 is 0 Å². The summed E-state index contributed by atoms with van der Waals surface area (Å²) in [4.78, 5) is 12.0. The van der Waals surface area contributed by atoms with Crippen LogP contribution in [0, 0.1) is 16.7 Å². The molecule has 0 fully saturated rings. The number of esters is 1. The van der Waals surface area contributed by atoms with Gasteiger partial charge in [0.1, 0.15) is 0 Å². The highest BCUT2D eigenvalue weighted by Crippen LogP contribution is 2.39. The molecule has 88 valence electrons. The predicted octanol–water partition coefficient (Wildman–Crippen LogP) is 2.97. The van der Waals surface area contributed by atoms with Crippen molar-refractivity contribution in [1.29, 1.82) is 5.26 Å². The number of carbonyl (C=O) groups is 1. The maximum atomic E-state index is 12.0. The fraction of sp³-hybridized carbons (Fsp3) is 0.692. The van der Waals surface area contributed by atoms with Crippen molar-refractivity contribution in [1.82, 2.24) is 0 Å². The third kappa shape index (κ3) is 2.27. The lowest BCUT2D eigenvalue weighted by Gasteiger charge is -2.25. The van der Waals surface area contributed by atoms with Gasteiger partial charge in [-0.15, -0.1) is 0 Å². The van der Waals surface area contributed by atoms with Gasteiger partial charge in [0.25, 0.3) is 0 Å². The quantitative estimate of drug-likeness (QED) is 0.529. The van der Waals surface area contributed by atoms with Gasteiger partial charge in [-0.05, 0) is 38.2 Å².